The van der Waals surface area contributed by atoms with Crippen LogP contribution in [0.1, 0.15) is 15.9 Å². The zero-order valence-electron chi connectivity index (χ0n) is 12.8. The second-order valence-electron chi connectivity index (χ2n) is 5.07. The van der Waals surface area contributed by atoms with Crippen LogP contribution >= 0.6 is 0 Å². The molecule has 3 aromatic rings. The standard InChI is InChI=1S/C18H17N3O2/c1-23-16-9-7-15(8-10-16)18(22)19-17-11-12-21(20-17)13-14-5-3-2-4-6-14/h2-12H,13H2,1H3,(H,19,20,22). The molecule has 1 heterocycles. The Morgan fingerprint density at radius 2 is 1.83 bits per heavy atom. The van der Waals surface area contributed by atoms with Gasteiger partial charge in [0, 0.05) is 17.8 Å². The maximum Gasteiger partial charge on any atom is 0.256 e. The summed E-state index contributed by atoms with van der Waals surface area (Å²) in [5.41, 5.74) is 1.71. The van der Waals surface area contributed by atoms with E-state index < -0.39 is 0 Å². The number of carbonyl (C=O) groups is 1. The van der Waals surface area contributed by atoms with Gasteiger partial charge in [-0.05, 0) is 29.8 Å². The Labute approximate surface area is 134 Å². The largest absolute Gasteiger partial charge is 0.497 e. The first kappa shape index (κ1) is 14.8. The number of aromatic nitrogens is 2. The number of ether oxygens (including phenoxy) is 1. The highest BCUT2D eigenvalue weighted by Gasteiger charge is 2.08. The number of methoxy groups -OCH3 is 1. The SMILES string of the molecule is COc1ccc(C(=O)Nc2ccn(Cc3ccccc3)n2)cc1. The molecule has 2 aromatic carbocycles. The highest BCUT2D eigenvalue weighted by atomic mass is 16.5. The quantitative estimate of drug-likeness (QED) is 0.787. The summed E-state index contributed by atoms with van der Waals surface area (Å²) in [6.07, 6.45) is 1.84. The molecule has 1 amide bonds. The van der Waals surface area contributed by atoms with Gasteiger partial charge in [0.05, 0.1) is 13.7 Å². The first-order valence-electron chi connectivity index (χ1n) is 7.27. The van der Waals surface area contributed by atoms with Crippen molar-refractivity contribution in [2.24, 2.45) is 0 Å². The van der Waals surface area contributed by atoms with Crippen molar-refractivity contribution in [2.45, 2.75) is 6.54 Å². The van der Waals surface area contributed by atoms with Crippen molar-refractivity contribution in [1.29, 1.82) is 0 Å². The molecule has 0 bridgehead atoms. The predicted octanol–water partition coefficient (Wildman–Crippen LogP) is 3.19. The van der Waals surface area contributed by atoms with Crippen LogP contribution in [0, 0.1) is 0 Å². The number of hydrogen-bond donors (Lipinski definition) is 1. The molecule has 0 aliphatic heterocycles. The highest BCUT2D eigenvalue weighted by Crippen LogP contribution is 2.13. The van der Waals surface area contributed by atoms with Crippen LogP contribution < -0.4 is 10.1 Å². The van der Waals surface area contributed by atoms with E-state index in [4.69, 9.17) is 4.74 Å². The zero-order chi connectivity index (χ0) is 16.1. The molecule has 0 radical (unpaired) electrons. The van der Waals surface area contributed by atoms with E-state index in [2.05, 4.69) is 10.4 Å². The van der Waals surface area contributed by atoms with Crippen molar-refractivity contribution >= 4 is 11.7 Å². The van der Waals surface area contributed by atoms with Gasteiger partial charge in [0.1, 0.15) is 5.75 Å². The van der Waals surface area contributed by atoms with Crippen LogP contribution in [0.4, 0.5) is 5.82 Å². The maximum atomic E-state index is 12.2. The minimum atomic E-state index is -0.197. The van der Waals surface area contributed by atoms with E-state index >= 15 is 0 Å². The first-order valence-corrected chi connectivity index (χ1v) is 7.27. The van der Waals surface area contributed by atoms with Crippen molar-refractivity contribution in [3.63, 3.8) is 0 Å². The molecule has 0 saturated heterocycles. The number of carbonyl (C=O) groups excluding carboxylic acids is 1. The van der Waals surface area contributed by atoms with Crippen LogP contribution in [0.3, 0.4) is 0 Å². The lowest BCUT2D eigenvalue weighted by Gasteiger charge is -2.04. The van der Waals surface area contributed by atoms with Crippen molar-refractivity contribution < 1.29 is 9.53 Å². The molecule has 0 aliphatic rings. The Hall–Kier alpha value is -3.08. The molecule has 5 nitrogen and oxygen atoms in total. The molecule has 0 saturated carbocycles. The van der Waals surface area contributed by atoms with E-state index in [0.717, 1.165) is 5.56 Å². The molecule has 0 atom stereocenters. The van der Waals surface area contributed by atoms with Crippen molar-refractivity contribution in [3.8, 4) is 5.75 Å². The van der Waals surface area contributed by atoms with Crippen molar-refractivity contribution in [2.75, 3.05) is 12.4 Å². The summed E-state index contributed by atoms with van der Waals surface area (Å²) in [6.45, 7) is 0.666. The fourth-order valence-corrected chi connectivity index (χ4v) is 2.22. The molecule has 0 fully saturated rings. The van der Waals surface area contributed by atoms with Crippen molar-refractivity contribution in [3.05, 3.63) is 78.0 Å². The third kappa shape index (κ3) is 3.77. The van der Waals surface area contributed by atoms with E-state index in [9.17, 15) is 4.79 Å². The molecular formula is C18H17N3O2. The lowest BCUT2D eigenvalue weighted by atomic mass is 10.2. The number of hydrogen-bond acceptors (Lipinski definition) is 3. The summed E-state index contributed by atoms with van der Waals surface area (Å²) in [4.78, 5) is 12.2. The summed E-state index contributed by atoms with van der Waals surface area (Å²) in [5, 5.41) is 7.15. The van der Waals surface area contributed by atoms with Gasteiger partial charge in [-0.25, -0.2) is 0 Å². The maximum absolute atomic E-state index is 12.2. The third-order valence-corrected chi connectivity index (χ3v) is 3.42. The Morgan fingerprint density at radius 3 is 2.52 bits per heavy atom. The highest BCUT2D eigenvalue weighted by molar-refractivity contribution is 6.03. The molecule has 0 aliphatic carbocycles. The monoisotopic (exact) mass is 307 g/mol. The van der Waals surface area contributed by atoms with Gasteiger partial charge in [-0.3, -0.25) is 9.48 Å². The lowest BCUT2D eigenvalue weighted by Crippen LogP contribution is -2.12. The van der Waals surface area contributed by atoms with Gasteiger partial charge in [0.2, 0.25) is 0 Å². The molecule has 5 heteroatoms. The molecule has 116 valence electrons. The lowest BCUT2D eigenvalue weighted by molar-refractivity contribution is 0.102. The van der Waals surface area contributed by atoms with Gasteiger partial charge in [-0.15, -0.1) is 0 Å². The van der Waals surface area contributed by atoms with Crippen LogP contribution in [0.25, 0.3) is 0 Å². The molecule has 23 heavy (non-hydrogen) atoms. The van der Waals surface area contributed by atoms with E-state index in [1.54, 1.807) is 42.1 Å². The van der Waals surface area contributed by atoms with Gasteiger partial charge in [-0.2, -0.15) is 5.10 Å². The van der Waals surface area contributed by atoms with E-state index in [1.165, 1.54) is 0 Å². The van der Waals surface area contributed by atoms with E-state index in [1.807, 2.05) is 36.5 Å². The number of anilines is 1. The van der Waals surface area contributed by atoms with Gasteiger partial charge in [-0.1, -0.05) is 30.3 Å². The second kappa shape index (κ2) is 6.79. The summed E-state index contributed by atoms with van der Waals surface area (Å²) in [5.74, 6) is 1.05. The van der Waals surface area contributed by atoms with Crippen LogP contribution in [0.15, 0.2) is 66.9 Å². The van der Waals surface area contributed by atoms with Crippen LogP contribution in [-0.2, 0) is 6.54 Å². The smallest absolute Gasteiger partial charge is 0.256 e. The first-order chi connectivity index (χ1) is 11.2. The molecule has 1 aromatic heterocycles. The van der Waals surface area contributed by atoms with Crippen molar-refractivity contribution in [1.82, 2.24) is 9.78 Å². The average molecular weight is 307 g/mol. The van der Waals surface area contributed by atoms with E-state index in [-0.39, 0.29) is 5.91 Å². The number of amides is 1. The van der Waals surface area contributed by atoms with Crippen LogP contribution in [0.5, 0.6) is 5.75 Å². The second-order valence-corrected chi connectivity index (χ2v) is 5.07. The minimum Gasteiger partial charge on any atom is -0.497 e. The summed E-state index contributed by atoms with van der Waals surface area (Å²) in [6, 6.07) is 18.8. The number of rotatable bonds is 5. The van der Waals surface area contributed by atoms with Gasteiger partial charge >= 0.3 is 0 Å². The van der Waals surface area contributed by atoms with Crippen LogP contribution in [0.2, 0.25) is 0 Å². The minimum absolute atomic E-state index is 0.197. The zero-order valence-corrected chi connectivity index (χ0v) is 12.8. The molecule has 0 unspecified atom stereocenters. The topological polar surface area (TPSA) is 56.1 Å². The van der Waals surface area contributed by atoms with Crippen LogP contribution in [-0.4, -0.2) is 22.8 Å². The third-order valence-electron chi connectivity index (χ3n) is 3.42. The molecule has 0 spiro atoms. The number of benzene rings is 2. The fourth-order valence-electron chi connectivity index (χ4n) is 2.22. The Kier molecular flexibility index (Phi) is 4.38. The summed E-state index contributed by atoms with van der Waals surface area (Å²) >= 11 is 0. The molecule has 3 rings (SSSR count). The molecule has 1 N–H and O–H groups in total. The van der Waals surface area contributed by atoms with Gasteiger partial charge in [0.25, 0.3) is 5.91 Å². The summed E-state index contributed by atoms with van der Waals surface area (Å²) < 4.78 is 6.87. The number of nitrogens with zero attached hydrogens (tertiary/aromatic N) is 2. The Morgan fingerprint density at radius 1 is 1.09 bits per heavy atom. The number of nitrogens with one attached hydrogen (secondary N) is 1. The Balaban J connectivity index is 1.65. The predicted molar refractivity (Wildman–Crippen MR) is 88.7 cm³/mol. The van der Waals surface area contributed by atoms with E-state index in [0.29, 0.717) is 23.7 Å². The average Bonchev–Trinajstić information content (AvgIpc) is 3.02. The summed E-state index contributed by atoms with van der Waals surface area (Å²) in [7, 11) is 1.59. The normalized spacial score (nSPS) is 10.3. The van der Waals surface area contributed by atoms with Gasteiger partial charge in [0.15, 0.2) is 5.82 Å². The van der Waals surface area contributed by atoms with Gasteiger partial charge < -0.3 is 10.1 Å². The fraction of sp³-hybridized carbons (Fsp3) is 0.111. The Bertz CT molecular complexity index is 780. The molecular weight excluding hydrogens is 290 g/mol.